The summed E-state index contributed by atoms with van der Waals surface area (Å²) >= 11 is 0. The summed E-state index contributed by atoms with van der Waals surface area (Å²) in [7, 11) is 0. The van der Waals surface area contributed by atoms with Crippen molar-refractivity contribution in [2.45, 2.75) is 57.6 Å². The van der Waals surface area contributed by atoms with E-state index in [1.807, 2.05) is 0 Å². The monoisotopic (exact) mass is 247 g/mol. The van der Waals surface area contributed by atoms with Crippen LogP contribution >= 0.6 is 0 Å². The van der Waals surface area contributed by atoms with Gasteiger partial charge in [0.2, 0.25) is 0 Å². The first kappa shape index (κ1) is 13.6. The van der Waals surface area contributed by atoms with Gasteiger partial charge in [-0.25, -0.2) is 0 Å². The Hall–Kier alpha value is -0.860. The summed E-state index contributed by atoms with van der Waals surface area (Å²) in [5.74, 6) is 0. The third-order valence-corrected chi connectivity index (χ3v) is 4.10. The molecule has 1 aliphatic rings. The Bertz CT molecular complexity index is 404. The predicted octanol–water partition coefficient (Wildman–Crippen LogP) is 3.03. The smallest absolute Gasteiger partial charge is 0.0730 e. The zero-order valence-corrected chi connectivity index (χ0v) is 12.0. The molecule has 0 aromatic heterocycles. The number of nitrogens with two attached hydrogens (primary N) is 1. The van der Waals surface area contributed by atoms with Crippen molar-refractivity contribution in [3.8, 4) is 0 Å². The highest BCUT2D eigenvalue weighted by Gasteiger charge is 2.37. The Morgan fingerprint density at radius 1 is 1.28 bits per heavy atom. The van der Waals surface area contributed by atoms with Crippen molar-refractivity contribution in [2.75, 3.05) is 6.61 Å². The molecule has 1 fully saturated rings. The average Bonchev–Trinajstić information content (AvgIpc) is 2.58. The molecule has 1 saturated heterocycles. The Balaban J connectivity index is 2.11. The van der Waals surface area contributed by atoms with Crippen molar-refractivity contribution >= 4 is 0 Å². The number of ether oxygens (including phenoxy) is 1. The van der Waals surface area contributed by atoms with E-state index in [2.05, 4.69) is 52.0 Å². The lowest BCUT2D eigenvalue weighted by Gasteiger charge is -2.28. The van der Waals surface area contributed by atoms with Gasteiger partial charge < -0.3 is 10.5 Å². The van der Waals surface area contributed by atoms with Gasteiger partial charge in [-0.2, -0.15) is 0 Å². The maximum Gasteiger partial charge on any atom is 0.0730 e. The maximum absolute atomic E-state index is 6.43. The van der Waals surface area contributed by atoms with Crippen molar-refractivity contribution in [2.24, 2.45) is 5.73 Å². The number of benzene rings is 1. The van der Waals surface area contributed by atoms with Crippen molar-refractivity contribution < 1.29 is 4.74 Å². The highest BCUT2D eigenvalue weighted by molar-refractivity contribution is 5.29. The van der Waals surface area contributed by atoms with Crippen molar-refractivity contribution in [1.82, 2.24) is 0 Å². The zero-order chi connectivity index (χ0) is 13.4. The number of hydrogen-bond acceptors (Lipinski definition) is 2. The standard InChI is InChI=1S/C16H25NO/c1-12-16(17,9-10-18-12)11-13-5-7-14(8-6-13)15(2,3)4/h5-8,12H,9-11,17H2,1-4H3. The first-order valence-corrected chi connectivity index (χ1v) is 6.81. The van der Waals surface area contributed by atoms with Gasteiger partial charge in [-0.05, 0) is 36.3 Å². The molecular weight excluding hydrogens is 222 g/mol. The van der Waals surface area contributed by atoms with Gasteiger partial charge in [-0.15, -0.1) is 0 Å². The van der Waals surface area contributed by atoms with Crippen LogP contribution in [0.25, 0.3) is 0 Å². The summed E-state index contributed by atoms with van der Waals surface area (Å²) in [4.78, 5) is 0. The second-order valence-corrected chi connectivity index (χ2v) is 6.62. The Morgan fingerprint density at radius 3 is 2.33 bits per heavy atom. The summed E-state index contributed by atoms with van der Waals surface area (Å²) in [5, 5.41) is 0. The van der Waals surface area contributed by atoms with Gasteiger partial charge >= 0.3 is 0 Å². The van der Waals surface area contributed by atoms with Crippen LogP contribution in [-0.2, 0) is 16.6 Å². The van der Waals surface area contributed by atoms with E-state index in [1.165, 1.54) is 11.1 Å². The lowest BCUT2D eigenvalue weighted by atomic mass is 9.83. The van der Waals surface area contributed by atoms with Gasteiger partial charge in [0.1, 0.15) is 0 Å². The maximum atomic E-state index is 6.43. The van der Waals surface area contributed by atoms with Crippen LogP contribution in [0.2, 0.25) is 0 Å². The van der Waals surface area contributed by atoms with Crippen molar-refractivity contribution in [3.63, 3.8) is 0 Å². The lowest BCUT2D eigenvalue weighted by molar-refractivity contribution is 0.0955. The van der Waals surface area contributed by atoms with Gasteiger partial charge in [0.25, 0.3) is 0 Å². The van der Waals surface area contributed by atoms with E-state index in [4.69, 9.17) is 10.5 Å². The molecule has 1 aromatic rings. The van der Waals surface area contributed by atoms with Gasteiger partial charge in [0.15, 0.2) is 0 Å². The minimum atomic E-state index is -0.191. The molecule has 2 rings (SSSR count). The molecule has 2 N–H and O–H groups in total. The molecule has 0 amide bonds. The van der Waals surface area contributed by atoms with Crippen LogP contribution in [0.15, 0.2) is 24.3 Å². The third kappa shape index (κ3) is 2.76. The molecule has 1 heterocycles. The topological polar surface area (TPSA) is 35.2 Å². The number of hydrogen-bond donors (Lipinski definition) is 1. The van der Waals surface area contributed by atoms with E-state index in [1.54, 1.807) is 0 Å². The van der Waals surface area contributed by atoms with Gasteiger partial charge in [-0.1, -0.05) is 45.0 Å². The molecular formula is C16H25NO. The fourth-order valence-corrected chi connectivity index (χ4v) is 2.53. The number of rotatable bonds is 2. The second kappa shape index (κ2) is 4.67. The Morgan fingerprint density at radius 2 is 1.89 bits per heavy atom. The fraction of sp³-hybridized carbons (Fsp3) is 0.625. The Labute approximate surface area is 111 Å². The van der Waals surface area contributed by atoms with E-state index in [-0.39, 0.29) is 17.1 Å². The SMILES string of the molecule is CC1OCCC1(N)Cc1ccc(C(C)(C)C)cc1. The first-order valence-electron chi connectivity index (χ1n) is 6.81. The molecule has 1 aromatic carbocycles. The van der Waals surface area contributed by atoms with Crippen LogP contribution in [0.1, 0.15) is 45.2 Å². The second-order valence-electron chi connectivity index (χ2n) is 6.62. The molecule has 0 bridgehead atoms. The molecule has 2 nitrogen and oxygen atoms in total. The van der Waals surface area contributed by atoms with Crippen LogP contribution in [0.4, 0.5) is 0 Å². The van der Waals surface area contributed by atoms with E-state index >= 15 is 0 Å². The third-order valence-electron chi connectivity index (χ3n) is 4.10. The van der Waals surface area contributed by atoms with Gasteiger partial charge in [-0.3, -0.25) is 0 Å². The summed E-state index contributed by atoms with van der Waals surface area (Å²) in [6, 6.07) is 8.86. The summed E-state index contributed by atoms with van der Waals surface area (Å²) < 4.78 is 5.59. The molecule has 100 valence electrons. The van der Waals surface area contributed by atoms with E-state index in [0.717, 1.165) is 19.4 Å². The largest absolute Gasteiger partial charge is 0.377 e. The zero-order valence-electron chi connectivity index (χ0n) is 12.0. The minimum absolute atomic E-state index is 0.153. The molecule has 0 spiro atoms. The summed E-state index contributed by atoms with van der Waals surface area (Å²) in [5.41, 5.74) is 9.13. The first-order chi connectivity index (χ1) is 8.31. The molecule has 2 unspecified atom stereocenters. The molecule has 0 aliphatic carbocycles. The summed E-state index contributed by atoms with van der Waals surface area (Å²) in [6.45, 7) is 9.58. The van der Waals surface area contributed by atoms with E-state index < -0.39 is 0 Å². The fourth-order valence-electron chi connectivity index (χ4n) is 2.53. The van der Waals surface area contributed by atoms with E-state index in [0.29, 0.717) is 0 Å². The van der Waals surface area contributed by atoms with Crippen LogP contribution in [0.5, 0.6) is 0 Å². The Kier molecular flexibility index (Phi) is 3.52. The molecule has 2 heteroatoms. The lowest BCUT2D eigenvalue weighted by Crippen LogP contribution is -2.47. The molecule has 1 aliphatic heterocycles. The van der Waals surface area contributed by atoms with Crippen LogP contribution in [-0.4, -0.2) is 18.2 Å². The van der Waals surface area contributed by atoms with Gasteiger partial charge in [0.05, 0.1) is 6.10 Å². The highest BCUT2D eigenvalue weighted by atomic mass is 16.5. The molecule has 0 saturated carbocycles. The predicted molar refractivity (Wildman–Crippen MR) is 75.8 cm³/mol. The van der Waals surface area contributed by atoms with Crippen molar-refractivity contribution in [1.29, 1.82) is 0 Å². The minimum Gasteiger partial charge on any atom is -0.377 e. The molecule has 0 radical (unpaired) electrons. The quantitative estimate of drug-likeness (QED) is 0.872. The van der Waals surface area contributed by atoms with Gasteiger partial charge in [0, 0.05) is 12.1 Å². The average molecular weight is 247 g/mol. The van der Waals surface area contributed by atoms with E-state index in [9.17, 15) is 0 Å². The molecule has 2 atom stereocenters. The normalized spacial score (nSPS) is 28.6. The highest BCUT2D eigenvalue weighted by Crippen LogP contribution is 2.28. The van der Waals surface area contributed by atoms with Crippen LogP contribution in [0, 0.1) is 0 Å². The van der Waals surface area contributed by atoms with Crippen LogP contribution in [0.3, 0.4) is 0 Å². The van der Waals surface area contributed by atoms with Crippen LogP contribution < -0.4 is 5.73 Å². The molecule has 18 heavy (non-hydrogen) atoms. The van der Waals surface area contributed by atoms with Crippen molar-refractivity contribution in [3.05, 3.63) is 35.4 Å². The summed E-state index contributed by atoms with van der Waals surface area (Å²) in [6.07, 6.45) is 2.01.